The zero-order chi connectivity index (χ0) is 43.8. The lowest BCUT2D eigenvalue weighted by molar-refractivity contribution is -0.227. The second-order valence-electron chi connectivity index (χ2n) is 16.7. The van der Waals surface area contributed by atoms with E-state index in [0.717, 1.165) is 30.1 Å². The molecule has 3 rings (SSSR count). The second kappa shape index (κ2) is 24.2. The van der Waals surface area contributed by atoms with Gasteiger partial charge in [0.25, 0.3) is 0 Å². The van der Waals surface area contributed by atoms with Gasteiger partial charge in [-0.15, -0.1) is 0 Å². The van der Waals surface area contributed by atoms with Crippen molar-refractivity contribution in [2.75, 3.05) is 11.9 Å². The molecule has 0 radical (unpaired) electrons. The molecule has 12 heteroatoms. The summed E-state index contributed by atoms with van der Waals surface area (Å²) in [5.74, 6) is -0.729. The molecule has 59 heavy (non-hydrogen) atoms. The van der Waals surface area contributed by atoms with Crippen molar-refractivity contribution in [3.05, 3.63) is 66.3 Å². The van der Waals surface area contributed by atoms with E-state index < -0.39 is 44.5 Å². The molecule has 1 aromatic rings. The smallest absolute Gasteiger partial charge is 0.411 e. The van der Waals surface area contributed by atoms with Crippen molar-refractivity contribution in [3.63, 3.8) is 0 Å². The molecule has 1 fully saturated rings. The van der Waals surface area contributed by atoms with E-state index in [0.29, 0.717) is 31.6 Å². The molecule has 1 aromatic carbocycles. The van der Waals surface area contributed by atoms with Crippen LogP contribution >= 0.6 is 0 Å². The van der Waals surface area contributed by atoms with Crippen LogP contribution in [0.25, 0.3) is 0 Å². The van der Waals surface area contributed by atoms with Crippen LogP contribution in [0.5, 0.6) is 0 Å². The molecule has 0 bridgehead atoms. The van der Waals surface area contributed by atoms with E-state index in [1.807, 2.05) is 96.2 Å². The van der Waals surface area contributed by atoms with Gasteiger partial charge >= 0.3 is 18.0 Å². The van der Waals surface area contributed by atoms with E-state index in [-0.39, 0.29) is 54.6 Å². The molecule has 11 atom stereocenters. The van der Waals surface area contributed by atoms with Gasteiger partial charge in [-0.05, 0) is 101 Å². The summed E-state index contributed by atoms with van der Waals surface area (Å²) >= 11 is 0. The number of esters is 2. The number of hydrogen-bond acceptors (Lipinski definition) is 10. The molecular formula is C47H75NO10Si. The molecule has 0 spiro atoms. The Morgan fingerprint density at radius 1 is 1.02 bits per heavy atom. The van der Waals surface area contributed by atoms with Crippen LogP contribution in [0.1, 0.15) is 115 Å². The van der Waals surface area contributed by atoms with Crippen LogP contribution in [-0.2, 0) is 42.4 Å². The van der Waals surface area contributed by atoms with Gasteiger partial charge in [0, 0.05) is 31.1 Å². The van der Waals surface area contributed by atoms with Crippen molar-refractivity contribution in [3.8, 4) is 0 Å². The number of carbonyl (C=O) groups excluding carboxylic acids is 3. The summed E-state index contributed by atoms with van der Waals surface area (Å²) in [7, 11) is -2.11. The maximum absolute atomic E-state index is 13.8. The zero-order valence-electron chi connectivity index (χ0n) is 38.0. The van der Waals surface area contributed by atoms with Crippen LogP contribution < -0.4 is 5.32 Å². The van der Waals surface area contributed by atoms with Gasteiger partial charge in [0.05, 0.1) is 24.7 Å². The summed E-state index contributed by atoms with van der Waals surface area (Å²) in [6, 6.07) is 12.1. The van der Waals surface area contributed by atoms with E-state index in [4.69, 9.17) is 32.8 Å². The molecule has 0 aliphatic carbocycles. The maximum Gasteiger partial charge on any atom is 0.411 e. The van der Waals surface area contributed by atoms with E-state index in [1.165, 1.54) is 6.92 Å². The van der Waals surface area contributed by atoms with Crippen LogP contribution in [0, 0.1) is 17.8 Å². The lowest BCUT2D eigenvalue weighted by Gasteiger charge is -2.40. The third kappa shape index (κ3) is 15.9. The number of epoxide rings is 1. The summed E-state index contributed by atoms with van der Waals surface area (Å²) in [4.78, 5) is 38.9. The summed E-state index contributed by atoms with van der Waals surface area (Å²) < 4.78 is 43.5. The van der Waals surface area contributed by atoms with Crippen LogP contribution in [0.2, 0.25) is 18.1 Å². The first-order chi connectivity index (χ1) is 28.0. The Labute approximate surface area is 356 Å². The first-order valence-corrected chi connectivity index (χ1v) is 24.6. The largest absolute Gasteiger partial charge is 0.457 e. The van der Waals surface area contributed by atoms with Crippen molar-refractivity contribution >= 4 is 32.0 Å². The number of rotatable bonds is 20. The fraction of sp³-hybridized carbons (Fsp3) is 0.681. The van der Waals surface area contributed by atoms with Crippen LogP contribution in [-0.4, -0.2) is 81.5 Å². The number of ether oxygens (including phenoxy) is 6. The standard InChI is InChI=1S/C47H75NO10Si/c1-13-40(55-46(51)48-38-24-19-18-20-25-38)35(9)45-41(54-45)30-32(6)22-21-23-33(7)44-34(8)26-27-42(53-36(10)49)47(12,57-37(11)52-14-2)29-28-39(31-43(50)56-44)58-59(15-3,16-4)17-5/h18-27,32,34-35,37,39-42,44-45H,13-17,28-31H2,1-12H3,(H,48,51)/b22-21+,27-26+,33-23+. The summed E-state index contributed by atoms with van der Waals surface area (Å²) in [6.45, 7) is 24.3. The lowest BCUT2D eigenvalue weighted by Crippen LogP contribution is -2.48. The van der Waals surface area contributed by atoms with Gasteiger partial charge in [-0.3, -0.25) is 14.9 Å². The number of allylic oxidation sites excluding steroid dienone is 3. The average Bonchev–Trinajstić information content (AvgIpc) is 3.96. The van der Waals surface area contributed by atoms with E-state index in [1.54, 1.807) is 0 Å². The Hall–Kier alpha value is -3.29. The van der Waals surface area contributed by atoms with Gasteiger partial charge in [-0.1, -0.05) is 91.0 Å². The van der Waals surface area contributed by atoms with Crippen molar-refractivity contribution in [1.29, 1.82) is 0 Å². The summed E-state index contributed by atoms with van der Waals surface area (Å²) in [5, 5.41) is 2.80. The Kier molecular flexibility index (Phi) is 20.6. The minimum Gasteiger partial charge on any atom is -0.457 e. The predicted molar refractivity (Wildman–Crippen MR) is 235 cm³/mol. The average molecular weight is 842 g/mol. The molecule has 1 amide bonds. The Morgan fingerprint density at radius 3 is 2.31 bits per heavy atom. The molecule has 2 aliphatic rings. The number of nitrogens with one attached hydrogen (secondary N) is 1. The molecule has 2 aliphatic heterocycles. The van der Waals surface area contributed by atoms with Crippen molar-refractivity contribution in [2.24, 2.45) is 17.8 Å². The van der Waals surface area contributed by atoms with Crippen molar-refractivity contribution < 1.29 is 47.2 Å². The van der Waals surface area contributed by atoms with Gasteiger partial charge < -0.3 is 32.8 Å². The quantitative estimate of drug-likeness (QED) is 0.0257. The van der Waals surface area contributed by atoms with Crippen LogP contribution in [0.3, 0.4) is 0 Å². The molecule has 1 N–H and O–H groups in total. The highest BCUT2D eigenvalue weighted by Gasteiger charge is 2.46. The highest BCUT2D eigenvalue weighted by Crippen LogP contribution is 2.38. The predicted octanol–water partition coefficient (Wildman–Crippen LogP) is 10.7. The number of carbonyl (C=O) groups is 3. The monoisotopic (exact) mass is 842 g/mol. The minimum absolute atomic E-state index is 0.0129. The molecule has 0 saturated carbocycles. The van der Waals surface area contributed by atoms with Gasteiger partial charge in [0.1, 0.15) is 23.9 Å². The SMILES string of the molecule is CCOC(C)OC1(C)CCC(O[Si](CC)(CC)CC)CC(=O)OC(/C(C)=C/C=C/C(C)CC2OC2C(C)C(CC)OC(=O)Nc2ccccc2)C(C)/C=C/C1OC(C)=O. The molecule has 1 saturated heterocycles. The number of benzene rings is 1. The Balaban J connectivity index is 1.78. The van der Waals surface area contributed by atoms with Crippen molar-refractivity contribution in [2.45, 2.75) is 182 Å². The second-order valence-corrected chi connectivity index (χ2v) is 21.4. The van der Waals surface area contributed by atoms with E-state index >= 15 is 0 Å². The number of hydrogen-bond donors (Lipinski definition) is 1. The van der Waals surface area contributed by atoms with E-state index in [2.05, 4.69) is 46.0 Å². The number of anilines is 1. The van der Waals surface area contributed by atoms with Crippen molar-refractivity contribution in [1.82, 2.24) is 0 Å². The molecule has 11 nitrogen and oxygen atoms in total. The fourth-order valence-corrected chi connectivity index (χ4v) is 11.1. The zero-order valence-corrected chi connectivity index (χ0v) is 39.0. The first kappa shape index (κ1) is 50.1. The fourth-order valence-electron chi connectivity index (χ4n) is 8.16. The summed E-state index contributed by atoms with van der Waals surface area (Å²) in [6.07, 6.45) is 9.71. The van der Waals surface area contributed by atoms with Gasteiger partial charge in [0.2, 0.25) is 0 Å². The molecular weight excluding hydrogens is 767 g/mol. The number of para-hydroxylation sites is 1. The highest BCUT2D eigenvalue weighted by atomic mass is 28.4. The Bertz CT molecular complexity index is 1540. The van der Waals surface area contributed by atoms with Gasteiger partial charge in [-0.25, -0.2) is 4.79 Å². The number of amides is 1. The van der Waals surface area contributed by atoms with E-state index in [9.17, 15) is 14.4 Å². The van der Waals surface area contributed by atoms with Crippen LogP contribution in [0.15, 0.2) is 66.3 Å². The number of cyclic esters (lactones) is 1. The topological polar surface area (TPSA) is 131 Å². The van der Waals surface area contributed by atoms with Gasteiger partial charge in [0.15, 0.2) is 14.6 Å². The first-order valence-electron chi connectivity index (χ1n) is 22.1. The molecule has 0 aromatic heterocycles. The highest BCUT2D eigenvalue weighted by molar-refractivity contribution is 6.73. The molecule has 11 unspecified atom stereocenters. The third-order valence-corrected chi connectivity index (χ3v) is 16.7. The molecule has 2 heterocycles. The maximum atomic E-state index is 13.8. The molecule has 332 valence electrons. The normalized spacial score (nSPS) is 28.3. The lowest BCUT2D eigenvalue weighted by atomic mass is 9.88. The van der Waals surface area contributed by atoms with Crippen LogP contribution in [0.4, 0.5) is 10.5 Å². The minimum atomic E-state index is -2.11. The van der Waals surface area contributed by atoms with Gasteiger partial charge in [-0.2, -0.15) is 0 Å². The Morgan fingerprint density at radius 2 is 1.69 bits per heavy atom. The summed E-state index contributed by atoms with van der Waals surface area (Å²) in [5.41, 5.74) is 0.614. The third-order valence-electron chi connectivity index (χ3n) is 12.0.